The van der Waals surface area contributed by atoms with Crippen molar-refractivity contribution in [2.75, 3.05) is 0 Å². The predicted molar refractivity (Wildman–Crippen MR) is 114 cm³/mol. The van der Waals surface area contributed by atoms with Gasteiger partial charge in [-0.15, -0.1) is 0 Å². The van der Waals surface area contributed by atoms with Crippen molar-refractivity contribution in [3.63, 3.8) is 0 Å². The van der Waals surface area contributed by atoms with E-state index in [1.54, 1.807) is 6.92 Å². The number of Topliss-reactive ketones (excluding diaryl/α,β-unsaturated/α-hetero) is 1. The molecule has 0 rings (SSSR count). The van der Waals surface area contributed by atoms with E-state index >= 15 is 0 Å². The summed E-state index contributed by atoms with van der Waals surface area (Å²) in [5.41, 5.74) is 0. The van der Waals surface area contributed by atoms with Crippen molar-refractivity contribution in [1.29, 1.82) is 0 Å². The first kappa shape index (κ1) is 29.7. The van der Waals surface area contributed by atoms with Gasteiger partial charge in [-0.25, -0.2) is 0 Å². The molecule has 0 bridgehead atoms. The average Bonchev–Trinajstić information content (AvgIpc) is 2.56. The molecule has 0 aromatic carbocycles. The van der Waals surface area contributed by atoms with E-state index in [0.29, 0.717) is 5.78 Å². The van der Waals surface area contributed by atoms with Gasteiger partial charge in [0.2, 0.25) is 0 Å². The minimum absolute atomic E-state index is 0.349. The Morgan fingerprint density at radius 3 is 1.07 bits per heavy atom. The number of ketones is 1. The Labute approximate surface area is 185 Å². The first-order valence-electron chi connectivity index (χ1n) is 11.0. The van der Waals surface area contributed by atoms with Crippen LogP contribution in [0.5, 0.6) is 0 Å². The molecule has 0 atom stereocenters. The summed E-state index contributed by atoms with van der Waals surface area (Å²) in [5.74, 6) is 0.349. The van der Waals surface area contributed by atoms with E-state index in [1.165, 1.54) is 128 Å². The molecule has 0 aliphatic rings. The summed E-state index contributed by atoms with van der Waals surface area (Å²) in [6, 6.07) is 0. The molecule has 5 nitrogen and oxygen atoms in total. The Bertz CT molecular complexity index is 405. The first-order chi connectivity index (χ1) is 12.8. The number of hydrogen-bond donors (Lipinski definition) is 2. The standard InChI is InChI=1S/C20H39O.Na.H2O4S/c1-3-4-5-6-7-8-9-10-11-12-13-14-15-16-17-18-19-20(2)21;;1-5(2,3)4/h1,3-19H2,2H3;;(H2,1,2,3,4). The van der Waals surface area contributed by atoms with Gasteiger partial charge in [0.1, 0.15) is 5.78 Å². The molecule has 0 spiro atoms. The summed E-state index contributed by atoms with van der Waals surface area (Å²) in [6.45, 7) is 1.70. The Kier molecular flexibility index (Phi) is 25.1. The molecule has 0 unspecified atom stereocenters. The van der Waals surface area contributed by atoms with Crippen molar-refractivity contribution in [3.8, 4) is 0 Å². The topological polar surface area (TPSA) is 91.7 Å². The van der Waals surface area contributed by atoms with Crippen LogP contribution < -0.4 is 0 Å². The van der Waals surface area contributed by atoms with Crippen LogP contribution in [0.2, 0.25) is 3.67 Å². The molecule has 0 aliphatic carbocycles. The van der Waals surface area contributed by atoms with E-state index in [-0.39, 0.29) is 0 Å². The van der Waals surface area contributed by atoms with Gasteiger partial charge in [-0.1, -0.05) is 25.7 Å². The van der Waals surface area contributed by atoms with Gasteiger partial charge in [0.15, 0.2) is 0 Å². The summed E-state index contributed by atoms with van der Waals surface area (Å²) >= 11 is 1.40. The zero-order chi connectivity index (χ0) is 20.8. The fourth-order valence-corrected chi connectivity index (χ4v) is 3.60. The van der Waals surface area contributed by atoms with E-state index in [0.717, 1.165) is 12.8 Å². The molecular formula is C20H41NaO5S. The molecule has 0 aromatic rings. The third-order valence-corrected chi connectivity index (χ3v) is 5.34. The van der Waals surface area contributed by atoms with Crippen molar-refractivity contribution in [2.24, 2.45) is 0 Å². The molecule has 0 radical (unpaired) electrons. The normalized spacial score (nSPS) is 11.1. The predicted octanol–water partition coefficient (Wildman–Crippen LogP) is 6.14. The zero-order valence-electron chi connectivity index (χ0n) is 17.8. The molecule has 27 heavy (non-hydrogen) atoms. The van der Waals surface area contributed by atoms with Crippen molar-refractivity contribution in [1.82, 2.24) is 0 Å². The molecule has 0 amide bonds. The number of unbranched alkanes of at least 4 members (excludes halogenated alkanes) is 15. The van der Waals surface area contributed by atoms with Gasteiger partial charge in [0.25, 0.3) is 0 Å². The molecule has 0 aliphatic heterocycles. The summed E-state index contributed by atoms with van der Waals surface area (Å²) < 4.78 is 33.1. The van der Waals surface area contributed by atoms with Gasteiger partial charge in [0.05, 0.1) is 0 Å². The van der Waals surface area contributed by atoms with Crippen LogP contribution in [0.4, 0.5) is 0 Å². The molecule has 2 N–H and O–H groups in total. The molecule has 0 fully saturated rings. The second kappa shape index (κ2) is 22.8. The maximum Gasteiger partial charge on any atom is 0.394 e. The Morgan fingerprint density at radius 1 is 0.630 bits per heavy atom. The van der Waals surface area contributed by atoms with Gasteiger partial charge in [0, 0.05) is 6.42 Å². The van der Waals surface area contributed by atoms with Crippen molar-refractivity contribution in [2.45, 2.75) is 120 Å². The Balaban J connectivity index is 0. The van der Waals surface area contributed by atoms with Crippen molar-refractivity contribution >= 4 is 44.1 Å². The third-order valence-electron chi connectivity index (χ3n) is 4.63. The van der Waals surface area contributed by atoms with Crippen LogP contribution in [0, 0.1) is 0 Å². The first-order valence-corrected chi connectivity index (χ1v) is 13.8. The molecule has 0 saturated carbocycles. The molecule has 158 valence electrons. The minimum Gasteiger partial charge on any atom is -0.264 e. The van der Waals surface area contributed by atoms with Crippen molar-refractivity contribution < 1.29 is 22.3 Å². The zero-order valence-corrected chi connectivity index (χ0v) is 20.6. The van der Waals surface area contributed by atoms with Crippen LogP contribution in [-0.2, 0) is 15.2 Å². The molecule has 0 heterocycles. The average molecular weight is 417 g/mol. The van der Waals surface area contributed by atoms with Gasteiger partial charge >= 0.3 is 113 Å². The molecule has 0 saturated heterocycles. The Hall–Kier alpha value is 0.540. The second-order valence-corrected chi connectivity index (χ2v) is 9.45. The number of carbonyl (C=O) groups excluding carboxylic acids is 1. The molecular weight excluding hydrogens is 375 g/mol. The van der Waals surface area contributed by atoms with E-state index < -0.39 is 10.4 Å². The summed E-state index contributed by atoms with van der Waals surface area (Å²) in [5, 5.41) is 0. The fourth-order valence-electron chi connectivity index (χ4n) is 3.10. The summed E-state index contributed by atoms with van der Waals surface area (Å²) in [6.07, 6.45) is 23.4. The van der Waals surface area contributed by atoms with Crippen LogP contribution in [-0.4, -0.2) is 51.2 Å². The molecule has 0 aromatic heterocycles. The monoisotopic (exact) mass is 416 g/mol. The fraction of sp³-hybridized carbons (Fsp3) is 0.950. The largest absolute Gasteiger partial charge is 0.394 e. The number of hydrogen-bond acceptors (Lipinski definition) is 3. The van der Waals surface area contributed by atoms with Gasteiger partial charge in [-0.3, -0.25) is 9.11 Å². The minimum atomic E-state index is -4.67. The smallest absolute Gasteiger partial charge is 0.264 e. The second-order valence-electron chi connectivity index (χ2n) is 7.56. The van der Waals surface area contributed by atoms with Crippen LogP contribution in [0.15, 0.2) is 0 Å². The Morgan fingerprint density at radius 2 is 0.852 bits per heavy atom. The SMILES string of the molecule is CC(=O)CCCCCCCCCCCCCCCCC[CH2][Na].O=S(=O)(O)O. The molecule has 7 heteroatoms. The number of carbonyl (C=O) groups is 1. The third kappa shape index (κ3) is 41.9. The number of rotatable bonds is 18. The van der Waals surface area contributed by atoms with E-state index in [2.05, 4.69) is 0 Å². The van der Waals surface area contributed by atoms with Gasteiger partial charge in [-0.2, -0.15) is 8.42 Å². The summed E-state index contributed by atoms with van der Waals surface area (Å²) in [7, 11) is -4.67. The van der Waals surface area contributed by atoms with Crippen LogP contribution in [0.3, 0.4) is 0 Å². The van der Waals surface area contributed by atoms with Gasteiger partial charge in [-0.05, 0) is 13.3 Å². The van der Waals surface area contributed by atoms with E-state index in [1.807, 2.05) is 0 Å². The van der Waals surface area contributed by atoms with Gasteiger partial charge < -0.3 is 4.79 Å². The maximum atomic E-state index is 10.8. The van der Waals surface area contributed by atoms with Crippen LogP contribution >= 0.6 is 0 Å². The van der Waals surface area contributed by atoms with Crippen LogP contribution in [0.1, 0.15) is 116 Å². The van der Waals surface area contributed by atoms with Crippen molar-refractivity contribution in [3.05, 3.63) is 0 Å². The van der Waals surface area contributed by atoms with E-state index in [9.17, 15) is 4.79 Å². The summed E-state index contributed by atoms with van der Waals surface area (Å²) in [4.78, 5) is 10.8. The quantitative estimate of drug-likeness (QED) is 0.159. The van der Waals surface area contributed by atoms with Crippen LogP contribution in [0.25, 0.3) is 0 Å². The maximum absolute atomic E-state index is 10.8. The van der Waals surface area contributed by atoms with E-state index in [4.69, 9.17) is 17.5 Å².